The van der Waals surface area contributed by atoms with Gasteiger partial charge >= 0.3 is 164 Å². The van der Waals surface area contributed by atoms with Crippen LogP contribution in [0.1, 0.15) is 32.1 Å². The molecule has 7 heteroatoms. The van der Waals surface area contributed by atoms with Gasteiger partial charge in [0, 0.05) is 0 Å². The first-order chi connectivity index (χ1) is 12.8. The molecule has 27 heavy (non-hydrogen) atoms. The van der Waals surface area contributed by atoms with Gasteiger partial charge in [0.15, 0.2) is 0 Å². The van der Waals surface area contributed by atoms with Crippen LogP contribution in [0.4, 0.5) is 5.82 Å². The predicted molar refractivity (Wildman–Crippen MR) is 106 cm³/mol. The molecule has 0 fully saturated rings. The van der Waals surface area contributed by atoms with Gasteiger partial charge in [0.05, 0.1) is 0 Å². The molecule has 1 aromatic heterocycles. The molecule has 0 spiro atoms. The summed E-state index contributed by atoms with van der Waals surface area (Å²) in [4.78, 5) is 32.5. The Bertz CT molecular complexity index is 1030. The van der Waals surface area contributed by atoms with Crippen molar-refractivity contribution in [1.82, 2.24) is 9.97 Å². The number of hydrogen-bond donors (Lipinski definition) is 2. The third-order valence-corrected chi connectivity index (χ3v) is 6.07. The number of nitrogens with zero attached hydrogens (tertiary/aromatic N) is 2. The van der Waals surface area contributed by atoms with E-state index in [0.717, 1.165) is 15.5 Å². The molecule has 2 aromatic carbocycles. The van der Waals surface area contributed by atoms with Crippen LogP contribution in [0, 0.1) is 13.8 Å². The Kier molecular flexibility index (Phi) is 5.38. The van der Waals surface area contributed by atoms with Crippen LogP contribution in [-0.4, -0.2) is 36.2 Å². The molecule has 0 aliphatic carbocycles. The van der Waals surface area contributed by atoms with Gasteiger partial charge in [0.2, 0.25) is 0 Å². The number of carbonyl (C=O) groups is 2. The summed E-state index contributed by atoms with van der Waals surface area (Å²) in [6.45, 7) is 3.75. The summed E-state index contributed by atoms with van der Waals surface area (Å²) in [5.41, 5.74) is 14.7. The summed E-state index contributed by atoms with van der Waals surface area (Å²) >= 11 is -0.705. The van der Waals surface area contributed by atoms with Crippen molar-refractivity contribution in [3.8, 4) is 11.3 Å². The summed E-state index contributed by atoms with van der Waals surface area (Å²) in [5, 5.41) is 0. The Balaban J connectivity index is 1.92. The van der Waals surface area contributed by atoms with Crippen LogP contribution in [-0.2, 0) is 0 Å². The third kappa shape index (κ3) is 4.23. The van der Waals surface area contributed by atoms with Gasteiger partial charge in [-0.2, -0.15) is 0 Å². The van der Waals surface area contributed by atoms with E-state index in [9.17, 15) is 9.59 Å². The molecule has 1 radical (unpaired) electrons. The average Bonchev–Trinajstić information content (AvgIpc) is 2.62. The molecule has 0 saturated carbocycles. The Labute approximate surface area is 163 Å². The second kappa shape index (κ2) is 7.72. The van der Waals surface area contributed by atoms with Gasteiger partial charge < -0.3 is 0 Å². The molecule has 0 bridgehead atoms. The molecule has 0 saturated heterocycles. The first kappa shape index (κ1) is 18.8. The predicted octanol–water partition coefficient (Wildman–Crippen LogP) is 1.61. The summed E-state index contributed by atoms with van der Waals surface area (Å²) in [6.07, 6.45) is 0. The summed E-state index contributed by atoms with van der Waals surface area (Å²) in [6, 6.07) is 15.1. The zero-order valence-corrected chi connectivity index (χ0v) is 16.8. The van der Waals surface area contributed by atoms with Crippen molar-refractivity contribution >= 4 is 36.4 Å². The molecule has 0 atom stereocenters. The normalized spacial score (nSPS) is 11.0. The minimum atomic E-state index is -0.724. The maximum atomic E-state index is 12.6. The number of nitrogens with two attached hydrogens (primary N) is 2. The Morgan fingerprint density at radius 3 is 2.37 bits per heavy atom. The van der Waals surface area contributed by atoms with E-state index in [-0.39, 0.29) is 16.1 Å². The second-order valence-corrected chi connectivity index (χ2v) is 8.49. The van der Waals surface area contributed by atoms with Crippen molar-refractivity contribution < 1.29 is 9.59 Å². The number of carbonyl (C=O) groups excluding carboxylic acids is 2. The molecule has 1 heterocycles. The molecule has 4 N–H and O–H groups in total. The SMILES string of the molecule is Cc1ccc(C(=O)[As]c2cccc(-c3nc(C(N)=O)c(N)nc3C)c2)cc1. The molecule has 3 aromatic rings. The molecule has 3 rings (SSSR count). The molecule has 0 aliphatic rings. The van der Waals surface area contributed by atoms with Crippen molar-refractivity contribution in [1.29, 1.82) is 0 Å². The average molecular weight is 421 g/mol. The summed E-state index contributed by atoms with van der Waals surface area (Å²) in [5.74, 6) is -0.709. The van der Waals surface area contributed by atoms with Gasteiger partial charge in [0.1, 0.15) is 0 Å². The molecule has 135 valence electrons. The molecule has 1 amide bonds. The topological polar surface area (TPSA) is 112 Å². The number of aryl methyl sites for hydroxylation is 2. The number of nitrogen functional groups attached to an aromatic ring is 1. The number of hydrogen-bond acceptors (Lipinski definition) is 5. The third-order valence-electron chi connectivity index (χ3n) is 3.98. The van der Waals surface area contributed by atoms with Gasteiger partial charge in [-0.05, 0) is 0 Å². The van der Waals surface area contributed by atoms with Gasteiger partial charge in [-0.3, -0.25) is 0 Å². The van der Waals surface area contributed by atoms with Gasteiger partial charge in [-0.15, -0.1) is 0 Å². The quantitative estimate of drug-likeness (QED) is 0.608. The standard InChI is InChI=1S/C20H18AsN4O2/c1-11-6-8-13(9-7-11)18(26)21-15-5-3-4-14(10-15)16-12(2)24-19(22)17(25-16)20(23)27/h3-10H,1-2H3,(H2,22,24)(H2,23,27). The second-order valence-electron chi connectivity index (χ2n) is 6.09. The van der Waals surface area contributed by atoms with Crippen LogP contribution < -0.4 is 15.8 Å². The first-order valence-corrected chi connectivity index (χ1v) is 10.1. The fourth-order valence-corrected chi connectivity index (χ4v) is 4.43. The first-order valence-electron chi connectivity index (χ1n) is 8.22. The molecule has 0 aliphatic heterocycles. The van der Waals surface area contributed by atoms with Crippen LogP contribution in [0.25, 0.3) is 11.3 Å². The van der Waals surface area contributed by atoms with E-state index in [2.05, 4.69) is 9.97 Å². The fraction of sp³-hybridized carbons (Fsp3) is 0.100. The monoisotopic (exact) mass is 421 g/mol. The van der Waals surface area contributed by atoms with E-state index in [1.807, 2.05) is 55.5 Å². The van der Waals surface area contributed by atoms with Crippen LogP contribution in [0.2, 0.25) is 0 Å². The number of benzene rings is 2. The number of rotatable bonds is 5. The fourth-order valence-electron chi connectivity index (χ4n) is 2.59. The van der Waals surface area contributed by atoms with Crippen molar-refractivity contribution in [2.45, 2.75) is 13.8 Å². The number of anilines is 1. The van der Waals surface area contributed by atoms with Gasteiger partial charge in [-0.1, -0.05) is 0 Å². The van der Waals surface area contributed by atoms with Crippen molar-refractivity contribution in [3.63, 3.8) is 0 Å². The van der Waals surface area contributed by atoms with E-state index >= 15 is 0 Å². The molecular formula is C20H18AsN4O2. The maximum absolute atomic E-state index is 12.6. The molecule has 6 nitrogen and oxygen atoms in total. The van der Waals surface area contributed by atoms with Crippen LogP contribution >= 0.6 is 0 Å². The molecular weight excluding hydrogens is 403 g/mol. The summed E-state index contributed by atoms with van der Waals surface area (Å²) in [7, 11) is 0. The number of amides is 1. The zero-order chi connectivity index (χ0) is 19.6. The van der Waals surface area contributed by atoms with E-state index in [1.165, 1.54) is 0 Å². The number of aromatic nitrogens is 2. The van der Waals surface area contributed by atoms with Crippen molar-refractivity contribution in [2.75, 3.05) is 5.73 Å². The van der Waals surface area contributed by atoms with Crippen LogP contribution in [0.5, 0.6) is 0 Å². The van der Waals surface area contributed by atoms with E-state index in [4.69, 9.17) is 11.5 Å². The Morgan fingerprint density at radius 1 is 1.00 bits per heavy atom. The van der Waals surface area contributed by atoms with E-state index < -0.39 is 21.7 Å². The Hall–Kier alpha value is -2.98. The number of primary amides is 1. The van der Waals surface area contributed by atoms with E-state index in [0.29, 0.717) is 17.0 Å². The summed E-state index contributed by atoms with van der Waals surface area (Å²) < 4.78 is 1.06. The van der Waals surface area contributed by atoms with E-state index in [1.54, 1.807) is 6.92 Å². The van der Waals surface area contributed by atoms with Gasteiger partial charge in [-0.25, -0.2) is 0 Å². The van der Waals surface area contributed by atoms with Crippen LogP contribution in [0.15, 0.2) is 48.5 Å². The van der Waals surface area contributed by atoms with Crippen LogP contribution in [0.3, 0.4) is 0 Å². The van der Waals surface area contributed by atoms with Gasteiger partial charge in [0.25, 0.3) is 0 Å². The van der Waals surface area contributed by atoms with Crippen molar-refractivity contribution in [3.05, 3.63) is 71.0 Å². The Morgan fingerprint density at radius 2 is 1.70 bits per heavy atom. The molecule has 0 unspecified atom stereocenters. The minimum absolute atomic E-state index is 0.0146. The zero-order valence-electron chi connectivity index (χ0n) is 14.9. The van der Waals surface area contributed by atoms with Crippen molar-refractivity contribution in [2.24, 2.45) is 5.73 Å².